The molecule has 0 amide bonds. The number of para-hydroxylation sites is 2. The molecule has 0 N–H and O–H groups in total. The van der Waals surface area contributed by atoms with Gasteiger partial charge in [0.2, 0.25) is 0 Å². The smallest absolute Gasteiger partial charge is 0.167 e. The molecule has 4 nitrogen and oxygen atoms in total. The maximum atomic E-state index is 6.42. The summed E-state index contributed by atoms with van der Waals surface area (Å²) < 4.78 is 6.42. The van der Waals surface area contributed by atoms with E-state index < -0.39 is 0 Å². The van der Waals surface area contributed by atoms with E-state index in [1.165, 1.54) is 70.7 Å². The second kappa shape index (κ2) is 13.4. The largest absolute Gasteiger partial charge is 0.455 e. The summed E-state index contributed by atoms with van der Waals surface area (Å²) >= 11 is 0. The molecule has 10 aromatic rings. The highest BCUT2D eigenvalue weighted by molar-refractivity contribution is 6.09. The van der Waals surface area contributed by atoms with Crippen LogP contribution in [0.1, 0.15) is 43.2 Å². The molecule has 5 aliphatic rings. The Hall–Kier alpha value is -7.17. The van der Waals surface area contributed by atoms with Gasteiger partial charge in [-0.1, -0.05) is 158 Å². The Labute approximate surface area is 366 Å². The molecule has 2 aromatic heterocycles. The predicted octanol–water partition coefficient (Wildman–Crippen LogP) is 15.0. The molecule has 5 aliphatic carbocycles. The molecular formula is C59H43N3O. The molecule has 8 aromatic carbocycles. The normalized spacial score (nSPS) is 21.7. The van der Waals surface area contributed by atoms with Crippen molar-refractivity contribution in [2.45, 2.75) is 37.5 Å². The summed E-state index contributed by atoms with van der Waals surface area (Å²) in [5.41, 5.74) is 15.5. The number of hydrogen-bond acceptors (Lipinski definition) is 4. The Morgan fingerprint density at radius 1 is 0.397 bits per heavy atom. The lowest BCUT2D eigenvalue weighted by Crippen LogP contribution is -2.55. The van der Waals surface area contributed by atoms with Crippen molar-refractivity contribution in [3.05, 3.63) is 187 Å². The van der Waals surface area contributed by atoms with Crippen LogP contribution in [0, 0.1) is 23.7 Å². The Balaban J connectivity index is 0.813. The molecule has 300 valence electrons. The van der Waals surface area contributed by atoms with Crippen LogP contribution in [-0.2, 0) is 5.41 Å². The lowest BCUT2D eigenvalue weighted by Gasteiger charge is -2.61. The van der Waals surface area contributed by atoms with Crippen LogP contribution in [0.25, 0.3) is 100 Å². The zero-order valence-electron chi connectivity index (χ0n) is 34.8. The number of aromatic nitrogens is 3. The fraction of sp³-hybridized carbons (Fsp3) is 0.169. The van der Waals surface area contributed by atoms with Gasteiger partial charge in [0.1, 0.15) is 11.2 Å². The second-order valence-electron chi connectivity index (χ2n) is 18.8. The minimum Gasteiger partial charge on any atom is -0.455 e. The summed E-state index contributed by atoms with van der Waals surface area (Å²) in [6, 6.07) is 63.7. The Morgan fingerprint density at radius 2 is 0.952 bits per heavy atom. The van der Waals surface area contributed by atoms with Gasteiger partial charge in [-0.3, -0.25) is 0 Å². The van der Waals surface area contributed by atoms with E-state index in [0.29, 0.717) is 17.5 Å². The van der Waals surface area contributed by atoms with E-state index in [0.717, 1.165) is 67.9 Å². The SMILES string of the molecule is c1ccc(-c2nc(-c3ccc(-c4ccc(-c5ccc6c(c5)-c5c(ccc7ccccc57)C65C6CC7CC(C6)CC5C7)cc4)cc3)nc(-c3cccc4c3oc3ccccc34)n2)cc1. The van der Waals surface area contributed by atoms with Gasteiger partial charge < -0.3 is 4.42 Å². The van der Waals surface area contributed by atoms with Gasteiger partial charge in [-0.2, -0.15) is 0 Å². The fourth-order valence-electron chi connectivity index (χ4n) is 13.1. The average molecular weight is 810 g/mol. The minimum absolute atomic E-state index is 0.158. The van der Waals surface area contributed by atoms with Crippen molar-refractivity contribution < 1.29 is 4.42 Å². The number of hydrogen-bond donors (Lipinski definition) is 0. The predicted molar refractivity (Wildman–Crippen MR) is 255 cm³/mol. The first-order valence-electron chi connectivity index (χ1n) is 22.8. The van der Waals surface area contributed by atoms with Gasteiger partial charge in [-0.25, -0.2) is 15.0 Å². The van der Waals surface area contributed by atoms with Crippen LogP contribution < -0.4 is 0 Å². The lowest BCUT2D eigenvalue weighted by atomic mass is 9.43. The highest BCUT2D eigenvalue weighted by atomic mass is 16.3. The van der Waals surface area contributed by atoms with Crippen molar-refractivity contribution in [3.63, 3.8) is 0 Å². The Bertz CT molecular complexity index is 3430. The number of fused-ring (bicyclic) bond motifs is 8. The monoisotopic (exact) mass is 809 g/mol. The quantitative estimate of drug-likeness (QED) is 0.174. The van der Waals surface area contributed by atoms with E-state index in [4.69, 9.17) is 19.4 Å². The first kappa shape index (κ1) is 35.4. The number of benzene rings is 8. The summed E-state index contributed by atoms with van der Waals surface area (Å²) in [5.74, 6) is 5.19. The van der Waals surface area contributed by atoms with Crippen LogP contribution in [-0.4, -0.2) is 15.0 Å². The van der Waals surface area contributed by atoms with E-state index in [1.807, 2.05) is 54.6 Å². The molecular weight excluding hydrogens is 767 g/mol. The third kappa shape index (κ3) is 5.24. The molecule has 0 radical (unpaired) electrons. The van der Waals surface area contributed by atoms with E-state index in [2.05, 4.69) is 121 Å². The standard InChI is InChI=1S/C59H43N3O/c1-2-10-41(11-3-1)56-60-57(62-58(61-56)49-15-8-14-48-47-13-6-7-16-53(47)63-55(48)49)42-23-21-38(22-24-42)37-17-19-39(20-18-37)43-26-27-51-50(34-43)54-46-12-5-4-9-40(46)25-28-52(54)59(51)44-30-35-29-36(32-44)33-45(59)31-35/h1-28,34-36,44-45H,29-33H2. The van der Waals surface area contributed by atoms with E-state index in [9.17, 15) is 0 Å². The van der Waals surface area contributed by atoms with Crippen LogP contribution >= 0.6 is 0 Å². The van der Waals surface area contributed by atoms with Crippen molar-refractivity contribution in [2.24, 2.45) is 23.7 Å². The van der Waals surface area contributed by atoms with Crippen molar-refractivity contribution in [2.75, 3.05) is 0 Å². The first-order chi connectivity index (χ1) is 31.2. The van der Waals surface area contributed by atoms with Crippen LogP contribution in [0.2, 0.25) is 0 Å². The molecule has 1 spiro atoms. The van der Waals surface area contributed by atoms with E-state index in [-0.39, 0.29) is 5.41 Å². The summed E-state index contributed by atoms with van der Waals surface area (Å²) in [7, 11) is 0. The molecule has 4 heteroatoms. The van der Waals surface area contributed by atoms with Gasteiger partial charge in [0.15, 0.2) is 17.5 Å². The highest BCUT2D eigenvalue weighted by Gasteiger charge is 2.61. The fourth-order valence-corrected chi connectivity index (χ4v) is 13.1. The van der Waals surface area contributed by atoms with Gasteiger partial charge >= 0.3 is 0 Å². The maximum absolute atomic E-state index is 6.42. The van der Waals surface area contributed by atoms with Crippen LogP contribution in [0.3, 0.4) is 0 Å². The van der Waals surface area contributed by atoms with Crippen LogP contribution in [0.5, 0.6) is 0 Å². The summed E-state index contributed by atoms with van der Waals surface area (Å²) in [5, 5.41) is 4.87. The van der Waals surface area contributed by atoms with Gasteiger partial charge in [-0.05, 0) is 129 Å². The molecule has 4 bridgehead atoms. The Kier molecular flexibility index (Phi) is 7.54. The molecule has 0 saturated heterocycles. The zero-order chi connectivity index (χ0) is 41.2. The minimum atomic E-state index is 0.158. The number of rotatable bonds is 5. The maximum Gasteiger partial charge on any atom is 0.167 e. The molecule has 2 heterocycles. The van der Waals surface area contributed by atoms with Gasteiger partial charge in [0, 0.05) is 27.3 Å². The van der Waals surface area contributed by atoms with E-state index >= 15 is 0 Å². The third-order valence-electron chi connectivity index (χ3n) is 15.5. The molecule has 0 aliphatic heterocycles. The summed E-state index contributed by atoms with van der Waals surface area (Å²) in [6.45, 7) is 0. The molecule has 0 unspecified atom stereocenters. The van der Waals surface area contributed by atoms with Gasteiger partial charge in [0.05, 0.1) is 5.56 Å². The van der Waals surface area contributed by atoms with Crippen molar-refractivity contribution in [1.29, 1.82) is 0 Å². The van der Waals surface area contributed by atoms with Gasteiger partial charge in [0.25, 0.3) is 0 Å². The molecule has 0 atom stereocenters. The molecule has 4 saturated carbocycles. The summed E-state index contributed by atoms with van der Waals surface area (Å²) in [6.07, 6.45) is 7.06. The van der Waals surface area contributed by atoms with Crippen LogP contribution in [0.4, 0.5) is 0 Å². The molecule has 4 fully saturated rings. The first-order valence-corrected chi connectivity index (χ1v) is 22.8. The molecule has 15 rings (SSSR count). The second-order valence-corrected chi connectivity index (χ2v) is 18.8. The molecule has 63 heavy (non-hydrogen) atoms. The van der Waals surface area contributed by atoms with Crippen molar-refractivity contribution in [1.82, 2.24) is 15.0 Å². The topological polar surface area (TPSA) is 51.8 Å². The Morgan fingerprint density at radius 3 is 1.68 bits per heavy atom. The zero-order valence-corrected chi connectivity index (χ0v) is 34.8. The lowest BCUT2D eigenvalue weighted by molar-refractivity contribution is -0.0399. The van der Waals surface area contributed by atoms with Crippen molar-refractivity contribution in [3.8, 4) is 67.5 Å². The third-order valence-corrected chi connectivity index (χ3v) is 15.5. The number of nitrogens with zero attached hydrogens (tertiary/aromatic N) is 3. The number of furan rings is 1. The summed E-state index contributed by atoms with van der Waals surface area (Å²) in [4.78, 5) is 15.1. The van der Waals surface area contributed by atoms with Gasteiger partial charge in [-0.15, -0.1) is 0 Å². The van der Waals surface area contributed by atoms with E-state index in [1.54, 1.807) is 11.1 Å². The van der Waals surface area contributed by atoms with Crippen molar-refractivity contribution >= 4 is 32.7 Å². The van der Waals surface area contributed by atoms with Crippen LogP contribution in [0.15, 0.2) is 180 Å². The average Bonchev–Trinajstić information content (AvgIpc) is 3.87. The highest BCUT2D eigenvalue weighted by Crippen LogP contribution is 2.70.